The lowest BCUT2D eigenvalue weighted by Crippen LogP contribution is -2.38. The number of amides is 1. The van der Waals surface area contributed by atoms with Gasteiger partial charge in [0.05, 0.1) is 0 Å². The summed E-state index contributed by atoms with van der Waals surface area (Å²) >= 11 is 1.69. The topological polar surface area (TPSA) is 20.3 Å². The van der Waals surface area contributed by atoms with E-state index in [0.29, 0.717) is 28.1 Å². The lowest BCUT2D eigenvalue weighted by molar-refractivity contribution is 0.0687. The molecule has 1 aromatic rings. The predicted molar refractivity (Wildman–Crippen MR) is 81.9 cm³/mol. The number of thiophene rings is 1. The molecular formula is C14H21F2NOS2. The zero-order valence-corrected chi connectivity index (χ0v) is 13.7. The Bertz CT molecular complexity index is 423. The molecule has 1 unspecified atom stereocenters. The second-order valence-electron chi connectivity index (χ2n) is 4.60. The fraction of sp³-hybridized carbons (Fsp3) is 0.643. The molecule has 0 N–H and O–H groups in total. The van der Waals surface area contributed by atoms with E-state index in [2.05, 4.69) is 6.92 Å². The third-order valence-electron chi connectivity index (χ3n) is 3.18. The zero-order valence-electron chi connectivity index (χ0n) is 12.1. The third kappa shape index (κ3) is 4.74. The number of unbranched alkanes of at least 4 members (excludes halogenated alkanes) is 1. The molecule has 1 atom stereocenters. The number of rotatable bonds is 8. The predicted octanol–water partition coefficient (Wildman–Crippen LogP) is 5.10. The molecular weight excluding hydrogens is 300 g/mol. The highest BCUT2D eigenvalue weighted by molar-refractivity contribution is 7.99. The van der Waals surface area contributed by atoms with Crippen molar-refractivity contribution in [3.63, 3.8) is 0 Å². The lowest BCUT2D eigenvalue weighted by Gasteiger charge is -2.28. The maximum Gasteiger partial charge on any atom is 0.288 e. The van der Waals surface area contributed by atoms with Crippen LogP contribution in [0.1, 0.15) is 49.7 Å². The van der Waals surface area contributed by atoms with Gasteiger partial charge in [-0.05, 0) is 31.2 Å². The molecule has 0 fully saturated rings. The highest BCUT2D eigenvalue weighted by Gasteiger charge is 2.24. The van der Waals surface area contributed by atoms with Crippen molar-refractivity contribution in [2.75, 3.05) is 6.54 Å². The van der Waals surface area contributed by atoms with Crippen LogP contribution < -0.4 is 0 Å². The first-order chi connectivity index (χ1) is 9.51. The first kappa shape index (κ1) is 17.4. The van der Waals surface area contributed by atoms with Crippen LogP contribution in [0.4, 0.5) is 8.78 Å². The van der Waals surface area contributed by atoms with Crippen molar-refractivity contribution < 1.29 is 13.6 Å². The summed E-state index contributed by atoms with van der Waals surface area (Å²) in [5.74, 6) is -2.62. The van der Waals surface area contributed by atoms with Crippen molar-refractivity contribution >= 4 is 29.0 Å². The molecule has 114 valence electrons. The Morgan fingerprint density at radius 1 is 1.45 bits per heavy atom. The van der Waals surface area contributed by atoms with Crippen LogP contribution in [0.5, 0.6) is 0 Å². The van der Waals surface area contributed by atoms with E-state index in [4.69, 9.17) is 0 Å². The van der Waals surface area contributed by atoms with E-state index >= 15 is 0 Å². The van der Waals surface area contributed by atoms with Gasteiger partial charge in [0, 0.05) is 17.5 Å². The van der Waals surface area contributed by atoms with E-state index in [1.807, 2.05) is 18.7 Å². The van der Waals surface area contributed by atoms with Gasteiger partial charge in [-0.25, -0.2) is 0 Å². The van der Waals surface area contributed by atoms with Crippen molar-refractivity contribution in [2.45, 2.75) is 56.7 Å². The van der Waals surface area contributed by atoms with Crippen LogP contribution >= 0.6 is 23.1 Å². The van der Waals surface area contributed by atoms with Gasteiger partial charge >= 0.3 is 0 Å². The molecule has 1 amide bonds. The maximum atomic E-state index is 12.6. The number of carbonyl (C=O) groups excluding carboxylic acids is 1. The molecule has 0 aliphatic rings. The number of nitrogens with zero attached hydrogens (tertiary/aromatic N) is 1. The second kappa shape index (κ2) is 8.62. The summed E-state index contributed by atoms with van der Waals surface area (Å²) in [6, 6.07) is 1.73. The lowest BCUT2D eigenvalue weighted by atomic mass is 10.2. The summed E-state index contributed by atoms with van der Waals surface area (Å²) in [5, 5.41) is 1.70. The highest BCUT2D eigenvalue weighted by Crippen LogP contribution is 2.33. The molecule has 2 nitrogen and oxygen atoms in total. The molecule has 0 aromatic carbocycles. The molecule has 1 aromatic heterocycles. The van der Waals surface area contributed by atoms with Crippen LogP contribution in [0.15, 0.2) is 16.3 Å². The van der Waals surface area contributed by atoms with E-state index in [-0.39, 0.29) is 11.9 Å². The molecule has 20 heavy (non-hydrogen) atoms. The maximum absolute atomic E-state index is 12.6. The summed E-state index contributed by atoms with van der Waals surface area (Å²) in [6.45, 7) is 6.78. The minimum absolute atomic E-state index is 0.119. The Kier molecular flexibility index (Phi) is 7.51. The van der Waals surface area contributed by atoms with Crippen LogP contribution in [0, 0.1) is 0 Å². The minimum Gasteiger partial charge on any atom is -0.335 e. The average molecular weight is 321 g/mol. The van der Waals surface area contributed by atoms with Gasteiger partial charge in [-0.1, -0.05) is 32.0 Å². The number of alkyl halides is 2. The zero-order chi connectivity index (χ0) is 15.1. The molecule has 0 bridgehead atoms. The van der Waals surface area contributed by atoms with Gasteiger partial charge in [-0.3, -0.25) is 4.79 Å². The van der Waals surface area contributed by atoms with E-state index < -0.39 is 5.76 Å². The number of halogens is 2. The summed E-state index contributed by atoms with van der Waals surface area (Å²) in [5.41, 5.74) is 0. The van der Waals surface area contributed by atoms with Crippen molar-refractivity contribution in [3.05, 3.63) is 16.3 Å². The summed E-state index contributed by atoms with van der Waals surface area (Å²) in [4.78, 5) is 15.2. The third-order valence-corrected chi connectivity index (χ3v) is 4.98. The molecule has 0 aliphatic heterocycles. The largest absolute Gasteiger partial charge is 0.335 e. The van der Waals surface area contributed by atoms with E-state index in [9.17, 15) is 13.6 Å². The van der Waals surface area contributed by atoms with Crippen LogP contribution in [0.3, 0.4) is 0 Å². The molecule has 1 rings (SSSR count). The minimum atomic E-state index is -2.50. The molecule has 0 spiro atoms. The van der Waals surface area contributed by atoms with Crippen LogP contribution in [0.25, 0.3) is 0 Å². The summed E-state index contributed by atoms with van der Waals surface area (Å²) in [7, 11) is 0. The van der Waals surface area contributed by atoms with Crippen molar-refractivity contribution in [1.29, 1.82) is 0 Å². The Hall–Kier alpha value is -0.620. The Labute approximate surface area is 127 Å². The smallest absolute Gasteiger partial charge is 0.288 e. The fourth-order valence-electron chi connectivity index (χ4n) is 1.84. The van der Waals surface area contributed by atoms with Gasteiger partial charge in [-0.2, -0.15) is 8.78 Å². The monoisotopic (exact) mass is 321 g/mol. The standard InChI is InChI=1S/C14H21F2NOS2/c1-4-6-8-17(10(3)5-2)13(18)12-11(7-9-19-12)20-14(15)16/h7,9-10,14H,4-6,8H2,1-3H3. The van der Waals surface area contributed by atoms with Crippen molar-refractivity contribution in [1.82, 2.24) is 4.90 Å². The van der Waals surface area contributed by atoms with Gasteiger partial charge in [0.2, 0.25) is 0 Å². The summed E-state index contributed by atoms with van der Waals surface area (Å²) < 4.78 is 25.0. The Balaban J connectivity index is 2.91. The van der Waals surface area contributed by atoms with Crippen molar-refractivity contribution in [2.24, 2.45) is 0 Å². The number of hydrogen-bond acceptors (Lipinski definition) is 3. The first-order valence-electron chi connectivity index (χ1n) is 6.84. The van der Waals surface area contributed by atoms with Gasteiger partial charge in [-0.15, -0.1) is 11.3 Å². The molecule has 6 heteroatoms. The van der Waals surface area contributed by atoms with E-state index in [1.54, 1.807) is 11.4 Å². The fourth-order valence-corrected chi connectivity index (χ4v) is 3.49. The number of hydrogen-bond donors (Lipinski definition) is 0. The summed E-state index contributed by atoms with van der Waals surface area (Å²) in [6.07, 6.45) is 2.79. The van der Waals surface area contributed by atoms with Gasteiger partial charge in [0.1, 0.15) is 4.88 Å². The highest BCUT2D eigenvalue weighted by atomic mass is 32.2. The van der Waals surface area contributed by atoms with Gasteiger partial charge in [0.15, 0.2) is 0 Å². The quantitative estimate of drug-likeness (QED) is 0.621. The Morgan fingerprint density at radius 2 is 2.15 bits per heavy atom. The SMILES string of the molecule is CCCCN(C(=O)c1sccc1SC(F)F)C(C)CC. The number of carbonyl (C=O) groups is 1. The van der Waals surface area contributed by atoms with Crippen LogP contribution in [0.2, 0.25) is 0 Å². The Morgan fingerprint density at radius 3 is 2.70 bits per heavy atom. The average Bonchev–Trinajstić information content (AvgIpc) is 2.85. The molecule has 0 saturated heterocycles. The van der Waals surface area contributed by atoms with Gasteiger partial charge < -0.3 is 4.90 Å². The molecule has 0 radical (unpaired) electrons. The van der Waals surface area contributed by atoms with Crippen LogP contribution in [-0.2, 0) is 0 Å². The molecule has 0 aliphatic carbocycles. The second-order valence-corrected chi connectivity index (χ2v) is 6.55. The normalized spacial score (nSPS) is 12.7. The van der Waals surface area contributed by atoms with E-state index in [0.717, 1.165) is 19.3 Å². The molecule has 0 saturated carbocycles. The number of thioether (sulfide) groups is 1. The van der Waals surface area contributed by atoms with Crippen molar-refractivity contribution in [3.8, 4) is 0 Å². The molecule has 1 heterocycles. The van der Waals surface area contributed by atoms with Gasteiger partial charge in [0.25, 0.3) is 11.7 Å². The van der Waals surface area contributed by atoms with E-state index in [1.165, 1.54) is 11.3 Å². The van der Waals surface area contributed by atoms with Crippen LogP contribution in [-0.4, -0.2) is 29.2 Å². The first-order valence-corrected chi connectivity index (χ1v) is 8.60.